The molecule has 0 aliphatic carbocycles. The number of anilines is 4. The lowest BCUT2D eigenvalue weighted by atomic mass is 9.96. The Morgan fingerprint density at radius 3 is 2.10 bits per heavy atom. The molecule has 2 fully saturated rings. The number of alkyl halides is 3. The summed E-state index contributed by atoms with van der Waals surface area (Å²) < 4.78 is 101. The van der Waals surface area contributed by atoms with Crippen molar-refractivity contribution in [2.45, 2.75) is 58.5 Å². The van der Waals surface area contributed by atoms with Crippen molar-refractivity contribution < 1.29 is 45.0 Å². The lowest BCUT2D eigenvalue weighted by molar-refractivity contribution is -0.0436. The van der Waals surface area contributed by atoms with E-state index in [-0.39, 0.29) is 23.0 Å². The van der Waals surface area contributed by atoms with Gasteiger partial charge in [-0.15, -0.1) is 11.8 Å². The number of sulfonamides is 1. The molecule has 13 nitrogen and oxygen atoms in total. The van der Waals surface area contributed by atoms with E-state index >= 15 is 0 Å². The Kier molecular flexibility index (Phi) is 15.7. The minimum absolute atomic E-state index is 0.115. The largest absolute Gasteiger partial charge is 0.501 e. The summed E-state index contributed by atoms with van der Waals surface area (Å²) in [5, 5.41) is 23.9. The summed E-state index contributed by atoms with van der Waals surface area (Å²) in [4.78, 5) is 18.2. The van der Waals surface area contributed by atoms with Crippen LogP contribution in [-0.2, 0) is 26.9 Å². The molecular weight excluding hydrogens is 997 g/mol. The first-order valence-electron chi connectivity index (χ1n) is 23.0. The number of likely N-dealkylation sites (tertiary alicyclic amines) is 1. The number of piperidine rings is 1. The van der Waals surface area contributed by atoms with Gasteiger partial charge < -0.3 is 34.8 Å². The van der Waals surface area contributed by atoms with Crippen LogP contribution in [0.3, 0.4) is 0 Å². The van der Waals surface area contributed by atoms with Gasteiger partial charge in [0, 0.05) is 108 Å². The van der Waals surface area contributed by atoms with Gasteiger partial charge in [0.1, 0.15) is 4.90 Å². The number of halogens is 4. The number of carbonyl (C=O) groups is 1. The van der Waals surface area contributed by atoms with Gasteiger partial charge in [-0.25, -0.2) is 21.6 Å². The van der Waals surface area contributed by atoms with Crippen molar-refractivity contribution >= 4 is 71.9 Å². The first-order chi connectivity index (χ1) is 33.8. The van der Waals surface area contributed by atoms with Crippen LogP contribution < -0.4 is 19.8 Å². The molecule has 5 aromatic carbocycles. The maximum absolute atomic E-state index is 14.3. The quantitative estimate of drug-likeness (QED) is 0.0641. The highest BCUT2D eigenvalue weighted by Gasteiger charge is 2.48. The van der Waals surface area contributed by atoms with E-state index in [1.807, 2.05) is 84.4 Å². The van der Waals surface area contributed by atoms with Crippen LogP contribution in [0.25, 0.3) is 22.4 Å². The Morgan fingerprint density at radius 1 is 0.803 bits per heavy atom. The van der Waals surface area contributed by atoms with Crippen molar-refractivity contribution in [2.24, 2.45) is 7.05 Å². The lowest BCUT2D eigenvalue weighted by Gasteiger charge is -2.37. The number of hydrogen-bond donors (Lipinski definition) is 4. The van der Waals surface area contributed by atoms with Crippen molar-refractivity contribution in [2.75, 3.05) is 71.4 Å². The lowest BCUT2D eigenvalue weighted by Crippen LogP contribution is -2.46. The second kappa shape index (κ2) is 21.6. The van der Waals surface area contributed by atoms with Crippen molar-refractivity contribution in [3.8, 4) is 22.4 Å². The second-order valence-corrected chi connectivity index (χ2v) is 22.8. The molecule has 0 radical (unpaired) electrons. The monoisotopic (exact) mass is 1050 g/mol. The first-order valence-corrected chi connectivity index (χ1v) is 27.3. The molecule has 8 rings (SSSR count). The molecule has 20 heteroatoms. The highest BCUT2D eigenvalue weighted by Crippen LogP contribution is 2.41. The topological polar surface area (TPSA) is 165 Å². The van der Waals surface area contributed by atoms with Gasteiger partial charge in [-0.2, -0.15) is 13.2 Å². The molecule has 2 aliphatic heterocycles. The number of aromatic carboxylic acids is 1. The van der Waals surface area contributed by atoms with E-state index in [2.05, 4.69) is 24.7 Å². The molecule has 0 unspecified atom stereocenters. The smallest absolute Gasteiger partial charge is 0.478 e. The van der Waals surface area contributed by atoms with Crippen LogP contribution in [-0.4, -0.2) is 112 Å². The van der Waals surface area contributed by atoms with Crippen LogP contribution >= 0.6 is 23.4 Å². The van der Waals surface area contributed by atoms with Crippen molar-refractivity contribution in [1.82, 2.24) is 9.47 Å². The maximum atomic E-state index is 14.3. The number of benzene rings is 5. The Balaban J connectivity index is 0.962. The van der Waals surface area contributed by atoms with Gasteiger partial charge in [0.05, 0.1) is 27.9 Å². The Morgan fingerprint density at radius 2 is 1.45 bits per heavy atom. The molecule has 71 heavy (non-hydrogen) atoms. The van der Waals surface area contributed by atoms with Crippen molar-refractivity contribution in [1.29, 1.82) is 0 Å². The number of sulfone groups is 1. The number of thioether (sulfide) groups is 1. The normalized spacial score (nSPS) is 15.7. The van der Waals surface area contributed by atoms with Crippen LogP contribution in [0.5, 0.6) is 0 Å². The zero-order valence-electron chi connectivity index (χ0n) is 38.9. The molecule has 0 saturated carbocycles. The number of aromatic nitrogens is 1. The van der Waals surface area contributed by atoms with E-state index in [9.17, 15) is 45.0 Å². The van der Waals surface area contributed by atoms with E-state index in [1.54, 1.807) is 25.1 Å². The predicted octanol–water partition coefficient (Wildman–Crippen LogP) is 9.86. The fraction of sp³-hybridized carbons (Fsp3) is 0.314. The minimum atomic E-state index is -6.03. The molecular formula is C51H54ClF3N6O7S3. The molecule has 6 aromatic rings. The number of aliphatic hydroxyl groups excluding tert-OH is 1. The van der Waals surface area contributed by atoms with E-state index in [0.717, 1.165) is 45.2 Å². The summed E-state index contributed by atoms with van der Waals surface area (Å²) in [7, 11) is -8.78. The Labute approximate surface area is 421 Å². The van der Waals surface area contributed by atoms with E-state index < -0.39 is 47.2 Å². The first kappa shape index (κ1) is 51.6. The van der Waals surface area contributed by atoms with E-state index in [1.165, 1.54) is 23.9 Å². The maximum Gasteiger partial charge on any atom is 0.501 e. The van der Waals surface area contributed by atoms with Gasteiger partial charge in [-0.1, -0.05) is 54.1 Å². The van der Waals surface area contributed by atoms with Crippen LogP contribution in [0, 0.1) is 6.92 Å². The van der Waals surface area contributed by atoms with Gasteiger partial charge in [-0.3, -0.25) is 4.72 Å². The van der Waals surface area contributed by atoms with Crippen LogP contribution in [0.1, 0.15) is 35.3 Å². The molecule has 1 atom stereocenters. The molecule has 1 aromatic heterocycles. The second-order valence-electron chi connectivity index (χ2n) is 17.7. The van der Waals surface area contributed by atoms with Gasteiger partial charge >= 0.3 is 11.5 Å². The summed E-state index contributed by atoms with van der Waals surface area (Å²) in [6.45, 7) is 6.04. The summed E-state index contributed by atoms with van der Waals surface area (Å²) in [6, 6.07) is 33.1. The molecule has 3 heterocycles. The SMILES string of the molecule is Cc1c(C(=O)O)c(-c2cccc(N3CCN(c4ccc(NS(=O)(=O)c5ccc(N[C@H](CCN6CCC(O)CC6)CSc6ccccc6)c(S(=O)(=O)C(F)(F)F)c5)cc4)CC3)c2)c(-c2cccc(Cl)c2)n1C. The number of aliphatic hydroxyl groups is 1. The minimum Gasteiger partial charge on any atom is -0.478 e. The van der Waals surface area contributed by atoms with E-state index in [4.69, 9.17) is 11.6 Å². The van der Waals surface area contributed by atoms with Gasteiger partial charge in [0.2, 0.25) is 0 Å². The fourth-order valence-electron chi connectivity index (χ4n) is 9.10. The summed E-state index contributed by atoms with van der Waals surface area (Å²) in [5.74, 6) is -0.668. The van der Waals surface area contributed by atoms with Gasteiger partial charge in [0.25, 0.3) is 19.9 Å². The van der Waals surface area contributed by atoms with Crippen LogP contribution in [0.15, 0.2) is 136 Å². The number of piperazine rings is 1. The number of nitrogens with zero attached hydrogens (tertiary/aromatic N) is 4. The molecule has 2 aliphatic rings. The third-order valence-corrected chi connectivity index (χ3v) is 17.3. The molecule has 376 valence electrons. The molecule has 0 bridgehead atoms. The molecule has 2 saturated heterocycles. The third kappa shape index (κ3) is 11.8. The number of nitrogens with one attached hydrogen (secondary N) is 2. The van der Waals surface area contributed by atoms with Crippen molar-refractivity contribution in [3.05, 3.63) is 138 Å². The van der Waals surface area contributed by atoms with Gasteiger partial charge in [-0.05, 0) is 111 Å². The van der Waals surface area contributed by atoms with E-state index in [0.29, 0.717) is 93.2 Å². The fourth-order valence-corrected chi connectivity index (χ4v) is 12.4. The van der Waals surface area contributed by atoms with Crippen molar-refractivity contribution in [3.63, 3.8) is 0 Å². The summed E-state index contributed by atoms with van der Waals surface area (Å²) >= 11 is 7.82. The molecule has 0 spiro atoms. The average molecular weight is 1050 g/mol. The van der Waals surface area contributed by atoms with Crippen LogP contribution in [0.2, 0.25) is 5.02 Å². The summed E-state index contributed by atoms with van der Waals surface area (Å²) in [5.41, 5.74) is -0.586. The molecule has 0 amide bonds. The number of rotatable bonds is 17. The number of carboxylic acids is 1. The molecule has 4 N–H and O–H groups in total. The highest BCUT2D eigenvalue weighted by molar-refractivity contribution is 7.99. The Bertz CT molecular complexity index is 3090. The number of carboxylic acid groups (broad SMARTS) is 1. The Hall–Kier alpha value is -5.70. The zero-order valence-corrected chi connectivity index (χ0v) is 42.1. The summed E-state index contributed by atoms with van der Waals surface area (Å²) in [6.07, 6.45) is 1.23. The number of hydrogen-bond acceptors (Lipinski definition) is 11. The average Bonchev–Trinajstić information content (AvgIpc) is 3.62. The third-order valence-electron chi connectivity index (χ3n) is 13.0. The van der Waals surface area contributed by atoms with Crippen LogP contribution in [0.4, 0.5) is 35.9 Å². The zero-order chi connectivity index (χ0) is 50.7. The predicted molar refractivity (Wildman–Crippen MR) is 275 cm³/mol. The highest BCUT2D eigenvalue weighted by atomic mass is 35.5. The van der Waals surface area contributed by atoms with Gasteiger partial charge in [0.15, 0.2) is 0 Å². The standard InChI is InChI=1S/C51H54ClF3N6O7S3/c1-34-47(50(63)64)48(49(58(34)2)36-9-6-10-37(52)30-36)35-8-7-11-41(31-35)61-28-26-60(27-29-61)40-16-14-38(15-17-40)57-71(67,68)44-18-19-45(46(32-44)70(65,66)51(53,54)55)56-39(33-69-43-12-4-3-5-13-43)20-23-59-24-21-42(62)22-25-59/h3-19,30-32,39,42,56-57,62H,20-29,33H2,1-2H3,(H,63,64)/t39-/m1/s1.